The van der Waals surface area contributed by atoms with E-state index in [0.717, 1.165) is 23.7 Å². The third-order valence-corrected chi connectivity index (χ3v) is 4.93. The van der Waals surface area contributed by atoms with Crippen molar-refractivity contribution in [1.82, 2.24) is 9.88 Å². The molecule has 0 radical (unpaired) electrons. The van der Waals surface area contributed by atoms with Crippen LogP contribution in [0.15, 0.2) is 5.38 Å². The van der Waals surface area contributed by atoms with Gasteiger partial charge in [0.05, 0.1) is 10.7 Å². The van der Waals surface area contributed by atoms with E-state index in [2.05, 4.69) is 31.1 Å². The quantitative estimate of drug-likeness (QED) is 0.926. The molecular weight excluding hydrogens is 260 g/mol. The van der Waals surface area contributed by atoms with Crippen molar-refractivity contribution in [2.75, 3.05) is 6.54 Å². The molecule has 0 spiro atoms. The summed E-state index contributed by atoms with van der Waals surface area (Å²) in [6.07, 6.45) is 0.952. The van der Waals surface area contributed by atoms with E-state index in [0.29, 0.717) is 6.54 Å². The molecule has 2 unspecified atom stereocenters. The SMILES string of the molecule is CC1CCN(Cc2csc(C(C)(C)C)n2)C1C(=O)O. The first-order valence-corrected chi connectivity index (χ1v) is 7.58. The highest BCUT2D eigenvalue weighted by Crippen LogP contribution is 2.29. The number of rotatable bonds is 3. The van der Waals surface area contributed by atoms with Crippen molar-refractivity contribution in [3.05, 3.63) is 16.1 Å². The first kappa shape index (κ1) is 14.5. The van der Waals surface area contributed by atoms with E-state index in [1.807, 2.05) is 11.8 Å². The van der Waals surface area contributed by atoms with Crippen LogP contribution in [0.3, 0.4) is 0 Å². The van der Waals surface area contributed by atoms with Gasteiger partial charge >= 0.3 is 5.97 Å². The number of carbonyl (C=O) groups is 1. The molecular formula is C14H22N2O2S. The Balaban J connectivity index is 2.09. The van der Waals surface area contributed by atoms with Gasteiger partial charge in [-0.15, -0.1) is 11.3 Å². The summed E-state index contributed by atoms with van der Waals surface area (Å²) in [5, 5.41) is 12.5. The van der Waals surface area contributed by atoms with Crippen LogP contribution < -0.4 is 0 Å². The third kappa shape index (κ3) is 3.15. The smallest absolute Gasteiger partial charge is 0.321 e. The highest BCUT2D eigenvalue weighted by Gasteiger charge is 2.36. The minimum absolute atomic E-state index is 0.0629. The Hall–Kier alpha value is -0.940. The molecule has 1 aromatic rings. The second kappa shape index (κ2) is 5.21. The molecule has 1 aliphatic rings. The molecule has 2 rings (SSSR count). The summed E-state index contributed by atoms with van der Waals surface area (Å²) < 4.78 is 0. The summed E-state index contributed by atoms with van der Waals surface area (Å²) in [4.78, 5) is 18.0. The summed E-state index contributed by atoms with van der Waals surface area (Å²) >= 11 is 1.67. The van der Waals surface area contributed by atoms with Gasteiger partial charge in [0, 0.05) is 17.3 Å². The molecule has 0 aliphatic carbocycles. The molecule has 19 heavy (non-hydrogen) atoms. The molecule has 1 fully saturated rings. The van der Waals surface area contributed by atoms with Crippen LogP contribution in [0.5, 0.6) is 0 Å². The molecule has 0 bridgehead atoms. The van der Waals surface area contributed by atoms with Crippen LogP contribution in [0, 0.1) is 5.92 Å². The van der Waals surface area contributed by atoms with E-state index >= 15 is 0 Å². The van der Waals surface area contributed by atoms with Crippen LogP contribution in [-0.2, 0) is 16.8 Å². The predicted octanol–water partition coefficient (Wildman–Crippen LogP) is 2.74. The van der Waals surface area contributed by atoms with E-state index in [1.165, 1.54) is 0 Å². The Labute approximate surface area is 118 Å². The van der Waals surface area contributed by atoms with E-state index in [1.54, 1.807) is 11.3 Å². The third-order valence-electron chi connectivity index (χ3n) is 3.62. The normalized spacial score (nSPS) is 24.8. The molecule has 1 saturated heterocycles. The van der Waals surface area contributed by atoms with Gasteiger partial charge in [-0.2, -0.15) is 0 Å². The minimum Gasteiger partial charge on any atom is -0.480 e. The van der Waals surface area contributed by atoms with Crippen LogP contribution in [0.2, 0.25) is 0 Å². The highest BCUT2D eigenvalue weighted by molar-refractivity contribution is 7.09. The molecule has 1 aromatic heterocycles. The largest absolute Gasteiger partial charge is 0.480 e. The van der Waals surface area contributed by atoms with Crippen molar-refractivity contribution in [3.63, 3.8) is 0 Å². The Bertz CT molecular complexity index is 464. The van der Waals surface area contributed by atoms with Gasteiger partial charge in [0.1, 0.15) is 6.04 Å². The average Bonchev–Trinajstić information content (AvgIpc) is 2.85. The Kier molecular flexibility index (Phi) is 3.97. The van der Waals surface area contributed by atoms with Gasteiger partial charge in [0.25, 0.3) is 0 Å². The molecule has 1 N–H and O–H groups in total. The van der Waals surface area contributed by atoms with Crippen LogP contribution in [0.25, 0.3) is 0 Å². The number of thiazole rings is 1. The molecule has 2 heterocycles. The summed E-state index contributed by atoms with van der Waals surface area (Å²) in [5.74, 6) is -0.491. The lowest BCUT2D eigenvalue weighted by Crippen LogP contribution is -2.38. The van der Waals surface area contributed by atoms with Crippen molar-refractivity contribution in [2.45, 2.75) is 52.1 Å². The number of hydrogen-bond donors (Lipinski definition) is 1. The second-order valence-electron chi connectivity index (χ2n) is 6.41. The van der Waals surface area contributed by atoms with Crippen LogP contribution in [0.1, 0.15) is 44.8 Å². The van der Waals surface area contributed by atoms with Gasteiger partial charge in [-0.3, -0.25) is 9.69 Å². The topological polar surface area (TPSA) is 53.4 Å². The Morgan fingerprint density at radius 2 is 2.26 bits per heavy atom. The van der Waals surface area contributed by atoms with Crippen molar-refractivity contribution >= 4 is 17.3 Å². The van der Waals surface area contributed by atoms with Gasteiger partial charge in [-0.05, 0) is 18.9 Å². The lowest BCUT2D eigenvalue weighted by molar-refractivity contribution is -0.143. The highest BCUT2D eigenvalue weighted by atomic mass is 32.1. The predicted molar refractivity (Wildman–Crippen MR) is 76.4 cm³/mol. The first-order chi connectivity index (χ1) is 8.79. The molecule has 106 valence electrons. The van der Waals surface area contributed by atoms with Crippen LogP contribution in [0.4, 0.5) is 0 Å². The summed E-state index contributed by atoms with van der Waals surface area (Å²) in [7, 11) is 0. The summed E-state index contributed by atoms with van der Waals surface area (Å²) in [6, 6.07) is -0.361. The number of carboxylic acid groups (broad SMARTS) is 1. The summed E-state index contributed by atoms with van der Waals surface area (Å²) in [5.41, 5.74) is 1.06. The van der Waals surface area contributed by atoms with E-state index in [4.69, 9.17) is 0 Å². The molecule has 4 nitrogen and oxygen atoms in total. The Morgan fingerprint density at radius 1 is 1.58 bits per heavy atom. The first-order valence-electron chi connectivity index (χ1n) is 6.71. The van der Waals surface area contributed by atoms with Gasteiger partial charge in [0.15, 0.2) is 0 Å². The number of aromatic nitrogens is 1. The van der Waals surface area contributed by atoms with Crippen LogP contribution >= 0.6 is 11.3 Å². The molecule has 5 heteroatoms. The van der Waals surface area contributed by atoms with E-state index in [9.17, 15) is 9.90 Å². The van der Waals surface area contributed by atoms with Gasteiger partial charge in [0.2, 0.25) is 0 Å². The number of hydrogen-bond acceptors (Lipinski definition) is 4. The second-order valence-corrected chi connectivity index (χ2v) is 7.27. The lowest BCUT2D eigenvalue weighted by Gasteiger charge is -2.22. The fourth-order valence-electron chi connectivity index (χ4n) is 2.54. The Morgan fingerprint density at radius 3 is 2.79 bits per heavy atom. The monoisotopic (exact) mass is 282 g/mol. The molecule has 2 atom stereocenters. The molecule has 1 aliphatic heterocycles. The zero-order valence-electron chi connectivity index (χ0n) is 12.0. The van der Waals surface area contributed by atoms with Crippen molar-refractivity contribution in [3.8, 4) is 0 Å². The standard InChI is InChI=1S/C14H22N2O2S/c1-9-5-6-16(11(9)12(17)18)7-10-8-19-13(15-10)14(2,3)4/h8-9,11H,5-7H2,1-4H3,(H,17,18). The molecule has 0 amide bonds. The molecule has 0 aromatic carbocycles. The zero-order chi connectivity index (χ0) is 14.2. The van der Waals surface area contributed by atoms with Crippen molar-refractivity contribution in [1.29, 1.82) is 0 Å². The van der Waals surface area contributed by atoms with Gasteiger partial charge < -0.3 is 5.11 Å². The molecule has 0 saturated carbocycles. The maximum Gasteiger partial charge on any atom is 0.321 e. The van der Waals surface area contributed by atoms with Gasteiger partial charge in [-0.1, -0.05) is 27.7 Å². The van der Waals surface area contributed by atoms with Crippen LogP contribution in [-0.4, -0.2) is 33.5 Å². The fourth-order valence-corrected chi connectivity index (χ4v) is 3.43. The zero-order valence-corrected chi connectivity index (χ0v) is 12.8. The maximum absolute atomic E-state index is 11.3. The fraction of sp³-hybridized carbons (Fsp3) is 0.714. The van der Waals surface area contributed by atoms with Gasteiger partial charge in [-0.25, -0.2) is 4.98 Å². The average molecular weight is 282 g/mol. The maximum atomic E-state index is 11.3. The van der Waals surface area contributed by atoms with Crippen molar-refractivity contribution < 1.29 is 9.90 Å². The number of nitrogens with zero attached hydrogens (tertiary/aromatic N) is 2. The van der Waals surface area contributed by atoms with E-state index in [-0.39, 0.29) is 17.4 Å². The minimum atomic E-state index is -0.712. The summed E-state index contributed by atoms with van der Waals surface area (Å²) in [6.45, 7) is 9.95. The number of aliphatic carboxylic acids is 1. The number of carboxylic acids is 1. The van der Waals surface area contributed by atoms with E-state index < -0.39 is 5.97 Å². The number of likely N-dealkylation sites (tertiary alicyclic amines) is 1. The van der Waals surface area contributed by atoms with Crippen molar-refractivity contribution in [2.24, 2.45) is 5.92 Å². The lowest BCUT2D eigenvalue weighted by atomic mass is 9.98.